The number of hydrogen-bond donors (Lipinski definition) is 2. The normalized spacial score (nSPS) is 17.7. The number of carbonyl (C=O) groups is 1. The minimum absolute atomic E-state index is 0.00500. The molecule has 0 atom stereocenters. The van der Waals surface area contributed by atoms with Crippen molar-refractivity contribution in [2.45, 2.75) is 109 Å². The topological polar surface area (TPSA) is 80.2 Å². The Morgan fingerprint density at radius 1 is 0.878 bits per heavy atom. The highest BCUT2D eigenvalue weighted by Gasteiger charge is 2.27. The van der Waals surface area contributed by atoms with Crippen molar-refractivity contribution in [1.29, 1.82) is 0 Å². The molecule has 0 spiro atoms. The van der Waals surface area contributed by atoms with Crippen LogP contribution in [-0.2, 0) is 16.6 Å². The highest BCUT2D eigenvalue weighted by molar-refractivity contribution is 7.89. The number of sulfonamides is 1. The standard InChI is InChI=1S/C34H47N3O3S/c1-24-30(33(38)35-22-25-13-7-5-8-14-25)21-31(37(24)23-26-15-9-6-10-16-26)28-19-20-32(29-18-12-11-17-27(28)29)41(39,40)36-34(2,3)4/h11-12,17-21,25-26,36H,5-10,13-16,22-23H2,1-4H3,(H,35,38). The Hall–Kier alpha value is -2.64. The molecule has 1 heterocycles. The molecule has 0 bridgehead atoms. The number of aromatic nitrogens is 1. The first-order valence-corrected chi connectivity index (χ1v) is 17.1. The second-order valence-electron chi connectivity index (χ2n) is 13.4. The van der Waals surface area contributed by atoms with Crippen LogP contribution in [-0.4, -0.2) is 31.0 Å². The monoisotopic (exact) mass is 577 g/mol. The minimum Gasteiger partial charge on any atom is -0.352 e. The van der Waals surface area contributed by atoms with Crippen LogP contribution in [0.1, 0.15) is 101 Å². The Bertz CT molecular complexity index is 1490. The van der Waals surface area contributed by atoms with E-state index < -0.39 is 15.6 Å². The molecule has 0 radical (unpaired) electrons. The SMILES string of the molecule is Cc1c(C(=O)NCC2CCCCC2)cc(-c2ccc(S(=O)(=O)NC(C)(C)C)c3ccccc23)n1CC1CCCCC1. The van der Waals surface area contributed by atoms with Gasteiger partial charge in [0.25, 0.3) is 5.91 Å². The zero-order chi connectivity index (χ0) is 29.2. The molecule has 0 saturated heterocycles. The highest BCUT2D eigenvalue weighted by Crippen LogP contribution is 2.37. The van der Waals surface area contributed by atoms with E-state index in [0.29, 0.717) is 17.2 Å². The Labute approximate surface area is 246 Å². The van der Waals surface area contributed by atoms with Crippen LogP contribution >= 0.6 is 0 Å². The van der Waals surface area contributed by atoms with Gasteiger partial charge < -0.3 is 9.88 Å². The van der Waals surface area contributed by atoms with E-state index >= 15 is 0 Å². The summed E-state index contributed by atoms with van der Waals surface area (Å²) in [5.74, 6) is 1.14. The van der Waals surface area contributed by atoms with Gasteiger partial charge in [-0.2, -0.15) is 0 Å². The zero-order valence-corrected chi connectivity index (χ0v) is 26.1. The van der Waals surface area contributed by atoms with Gasteiger partial charge in [0.2, 0.25) is 10.0 Å². The molecular weight excluding hydrogens is 530 g/mol. The van der Waals surface area contributed by atoms with Crippen molar-refractivity contribution in [2.75, 3.05) is 6.54 Å². The predicted octanol–water partition coefficient (Wildman–Crippen LogP) is 7.58. The van der Waals surface area contributed by atoms with Gasteiger partial charge in [0.05, 0.1) is 10.5 Å². The van der Waals surface area contributed by atoms with Gasteiger partial charge in [-0.25, -0.2) is 13.1 Å². The first-order valence-electron chi connectivity index (χ1n) is 15.6. The van der Waals surface area contributed by atoms with Gasteiger partial charge in [-0.3, -0.25) is 4.79 Å². The Morgan fingerprint density at radius 2 is 1.49 bits per heavy atom. The summed E-state index contributed by atoms with van der Waals surface area (Å²) in [7, 11) is -3.73. The first-order chi connectivity index (χ1) is 19.5. The van der Waals surface area contributed by atoms with E-state index in [1.54, 1.807) is 6.07 Å². The molecule has 7 heteroatoms. The van der Waals surface area contributed by atoms with Crippen molar-refractivity contribution in [2.24, 2.45) is 11.8 Å². The van der Waals surface area contributed by atoms with Crippen molar-refractivity contribution >= 4 is 26.7 Å². The van der Waals surface area contributed by atoms with Gasteiger partial charge >= 0.3 is 0 Å². The second-order valence-corrected chi connectivity index (χ2v) is 15.0. The van der Waals surface area contributed by atoms with Crippen molar-refractivity contribution in [3.63, 3.8) is 0 Å². The Morgan fingerprint density at radius 3 is 2.12 bits per heavy atom. The molecule has 2 N–H and O–H groups in total. The van der Waals surface area contributed by atoms with E-state index in [9.17, 15) is 13.2 Å². The van der Waals surface area contributed by atoms with Crippen molar-refractivity contribution in [3.8, 4) is 11.3 Å². The van der Waals surface area contributed by atoms with Gasteiger partial charge in [-0.15, -0.1) is 0 Å². The summed E-state index contributed by atoms with van der Waals surface area (Å²) >= 11 is 0. The maximum absolute atomic E-state index is 13.6. The zero-order valence-electron chi connectivity index (χ0n) is 25.3. The molecule has 2 saturated carbocycles. The minimum atomic E-state index is -3.73. The number of nitrogens with one attached hydrogen (secondary N) is 2. The fourth-order valence-electron chi connectivity index (χ4n) is 6.87. The molecule has 2 aliphatic carbocycles. The molecule has 0 unspecified atom stereocenters. The van der Waals surface area contributed by atoms with E-state index in [0.717, 1.165) is 41.0 Å². The molecule has 3 aromatic rings. The summed E-state index contributed by atoms with van der Waals surface area (Å²) in [6.45, 7) is 9.22. The molecule has 2 aliphatic rings. The average Bonchev–Trinajstić information content (AvgIpc) is 3.26. The van der Waals surface area contributed by atoms with Gasteiger partial charge in [0, 0.05) is 41.0 Å². The molecule has 6 nitrogen and oxygen atoms in total. The molecular formula is C34H47N3O3S. The molecule has 1 amide bonds. The number of nitrogens with zero attached hydrogens (tertiary/aromatic N) is 1. The summed E-state index contributed by atoms with van der Waals surface area (Å²) < 4.78 is 32.0. The largest absolute Gasteiger partial charge is 0.352 e. The fourth-order valence-corrected chi connectivity index (χ4v) is 8.50. The summed E-state index contributed by atoms with van der Waals surface area (Å²) in [6.07, 6.45) is 12.4. The van der Waals surface area contributed by atoms with Gasteiger partial charge in [0.1, 0.15) is 0 Å². The number of fused-ring (bicyclic) bond motifs is 1. The molecule has 2 aromatic carbocycles. The Kier molecular flexibility index (Phi) is 8.95. The van der Waals surface area contributed by atoms with E-state index in [-0.39, 0.29) is 10.8 Å². The van der Waals surface area contributed by atoms with Crippen LogP contribution in [0, 0.1) is 18.8 Å². The van der Waals surface area contributed by atoms with E-state index in [1.807, 2.05) is 57.2 Å². The molecule has 222 valence electrons. The number of rotatable bonds is 8. The smallest absolute Gasteiger partial charge is 0.253 e. The third-order valence-corrected chi connectivity index (χ3v) is 10.8. The summed E-state index contributed by atoms with van der Waals surface area (Å²) in [4.78, 5) is 13.8. The Balaban J connectivity index is 1.56. The highest BCUT2D eigenvalue weighted by atomic mass is 32.2. The fraction of sp³-hybridized carbons (Fsp3) is 0.559. The van der Waals surface area contributed by atoms with Crippen molar-refractivity contribution in [1.82, 2.24) is 14.6 Å². The lowest BCUT2D eigenvalue weighted by molar-refractivity contribution is 0.0942. The van der Waals surface area contributed by atoms with Crippen LogP contribution in [0.25, 0.3) is 22.0 Å². The van der Waals surface area contributed by atoms with Crippen LogP contribution in [0.5, 0.6) is 0 Å². The third-order valence-electron chi connectivity index (χ3n) is 8.94. The number of hydrogen-bond acceptors (Lipinski definition) is 3. The third kappa shape index (κ3) is 6.89. The lowest BCUT2D eigenvalue weighted by atomic mass is 9.89. The maximum atomic E-state index is 13.6. The summed E-state index contributed by atoms with van der Waals surface area (Å²) in [6, 6.07) is 13.4. The van der Waals surface area contributed by atoms with Gasteiger partial charge in [0.15, 0.2) is 0 Å². The summed E-state index contributed by atoms with van der Waals surface area (Å²) in [5.41, 5.74) is 3.06. The second kappa shape index (κ2) is 12.3. The van der Waals surface area contributed by atoms with E-state index in [1.165, 1.54) is 64.2 Å². The van der Waals surface area contributed by atoms with Crippen LogP contribution in [0.15, 0.2) is 47.4 Å². The van der Waals surface area contributed by atoms with Crippen LogP contribution in [0.2, 0.25) is 0 Å². The number of benzene rings is 2. The average molecular weight is 578 g/mol. The van der Waals surface area contributed by atoms with Gasteiger partial charge in [-0.05, 0) is 82.7 Å². The quantitative estimate of drug-likeness (QED) is 0.290. The lowest BCUT2D eigenvalue weighted by Crippen LogP contribution is -2.40. The van der Waals surface area contributed by atoms with Crippen molar-refractivity contribution in [3.05, 3.63) is 53.7 Å². The van der Waals surface area contributed by atoms with E-state index in [4.69, 9.17) is 0 Å². The molecule has 1 aromatic heterocycles. The van der Waals surface area contributed by atoms with Crippen LogP contribution < -0.4 is 10.0 Å². The lowest BCUT2D eigenvalue weighted by Gasteiger charge is -2.25. The molecule has 0 aliphatic heterocycles. The molecule has 5 rings (SSSR count). The molecule has 2 fully saturated rings. The number of amides is 1. The maximum Gasteiger partial charge on any atom is 0.253 e. The first kappa shape index (κ1) is 29.8. The van der Waals surface area contributed by atoms with Crippen LogP contribution in [0.3, 0.4) is 0 Å². The van der Waals surface area contributed by atoms with Crippen LogP contribution in [0.4, 0.5) is 0 Å². The van der Waals surface area contributed by atoms with E-state index in [2.05, 4.69) is 21.5 Å². The molecule has 41 heavy (non-hydrogen) atoms. The predicted molar refractivity (Wildman–Crippen MR) is 168 cm³/mol. The van der Waals surface area contributed by atoms with Gasteiger partial charge in [-0.1, -0.05) is 68.9 Å². The number of carbonyl (C=O) groups excluding carboxylic acids is 1. The van der Waals surface area contributed by atoms with Crippen molar-refractivity contribution < 1.29 is 13.2 Å². The summed E-state index contributed by atoms with van der Waals surface area (Å²) in [5, 5.41) is 4.82.